The molecule has 3 nitrogen and oxygen atoms in total. The summed E-state index contributed by atoms with van der Waals surface area (Å²) >= 11 is 6.24. The number of hydrogen-bond donors (Lipinski definition) is 1. The van der Waals surface area contributed by atoms with Crippen molar-refractivity contribution in [1.82, 2.24) is 0 Å². The van der Waals surface area contributed by atoms with Gasteiger partial charge in [-0.1, -0.05) is 31.4 Å². The van der Waals surface area contributed by atoms with E-state index in [1.165, 1.54) is 12.8 Å². The van der Waals surface area contributed by atoms with Crippen LogP contribution in [-0.4, -0.2) is 19.3 Å². The fourth-order valence-corrected chi connectivity index (χ4v) is 3.35. The Morgan fingerprint density at radius 3 is 2.53 bits per heavy atom. The summed E-state index contributed by atoms with van der Waals surface area (Å²) in [7, 11) is 3.13. The van der Waals surface area contributed by atoms with Gasteiger partial charge in [0.1, 0.15) is 16.5 Å². The van der Waals surface area contributed by atoms with Crippen LogP contribution in [0.15, 0.2) is 12.1 Å². The van der Waals surface area contributed by atoms with E-state index >= 15 is 0 Å². The van der Waals surface area contributed by atoms with Crippen LogP contribution in [0.1, 0.15) is 37.9 Å². The molecule has 1 saturated carbocycles. The molecule has 1 N–H and O–H groups in total. The first kappa shape index (κ1) is 14.5. The van der Waals surface area contributed by atoms with Crippen molar-refractivity contribution in [2.75, 3.05) is 14.2 Å². The Hall–Kier alpha value is -0.930. The fraction of sp³-hybridized carbons (Fsp3) is 0.600. The number of hydrogen-bond acceptors (Lipinski definition) is 3. The van der Waals surface area contributed by atoms with Gasteiger partial charge in [0.2, 0.25) is 0 Å². The second-order valence-electron chi connectivity index (χ2n) is 5.22. The normalized spacial score (nSPS) is 24.3. The first-order valence-electron chi connectivity index (χ1n) is 6.68. The summed E-state index contributed by atoms with van der Waals surface area (Å²) < 4.78 is 10.5. The van der Waals surface area contributed by atoms with Crippen molar-refractivity contribution in [2.45, 2.75) is 32.3 Å². The Kier molecular flexibility index (Phi) is 4.58. The van der Waals surface area contributed by atoms with E-state index in [-0.39, 0.29) is 5.92 Å². The van der Waals surface area contributed by atoms with Gasteiger partial charge in [0.25, 0.3) is 0 Å². The Labute approximate surface area is 119 Å². The second kappa shape index (κ2) is 6.02. The molecule has 0 bridgehead atoms. The Morgan fingerprint density at radius 1 is 1.26 bits per heavy atom. The molecule has 0 aliphatic heterocycles. The van der Waals surface area contributed by atoms with Crippen LogP contribution in [-0.2, 0) is 0 Å². The van der Waals surface area contributed by atoms with Gasteiger partial charge in [-0.3, -0.25) is 0 Å². The largest absolute Gasteiger partial charge is 0.495 e. The highest BCUT2D eigenvalue weighted by Gasteiger charge is 2.33. The minimum Gasteiger partial charge on any atom is -0.495 e. The van der Waals surface area contributed by atoms with Crippen LogP contribution in [0.5, 0.6) is 11.5 Å². The van der Waals surface area contributed by atoms with E-state index < -0.39 is 6.10 Å². The lowest BCUT2D eigenvalue weighted by Crippen LogP contribution is -2.16. The highest BCUT2D eigenvalue weighted by atomic mass is 35.5. The molecule has 1 aliphatic carbocycles. The minimum absolute atomic E-state index is 0.276. The van der Waals surface area contributed by atoms with E-state index in [0.717, 1.165) is 12.0 Å². The van der Waals surface area contributed by atoms with Gasteiger partial charge in [0.05, 0.1) is 20.3 Å². The topological polar surface area (TPSA) is 38.7 Å². The van der Waals surface area contributed by atoms with Gasteiger partial charge in [-0.05, 0) is 30.4 Å². The van der Waals surface area contributed by atoms with Crippen molar-refractivity contribution in [3.63, 3.8) is 0 Å². The van der Waals surface area contributed by atoms with E-state index in [0.29, 0.717) is 22.4 Å². The Morgan fingerprint density at radius 2 is 2.00 bits per heavy atom. The first-order valence-corrected chi connectivity index (χ1v) is 7.06. The predicted octanol–water partition coefficient (Wildman–Crippen LogP) is 3.83. The van der Waals surface area contributed by atoms with Crippen molar-refractivity contribution < 1.29 is 14.6 Å². The molecular weight excluding hydrogens is 264 g/mol. The molecule has 0 spiro atoms. The van der Waals surface area contributed by atoms with Gasteiger partial charge >= 0.3 is 0 Å². The van der Waals surface area contributed by atoms with Gasteiger partial charge in [-0.15, -0.1) is 0 Å². The van der Waals surface area contributed by atoms with Crippen molar-refractivity contribution in [1.29, 1.82) is 0 Å². The predicted molar refractivity (Wildman–Crippen MR) is 76.0 cm³/mol. The molecule has 3 atom stereocenters. The lowest BCUT2D eigenvalue weighted by Gasteiger charge is -2.25. The average molecular weight is 285 g/mol. The molecule has 0 aromatic heterocycles. The maximum Gasteiger partial charge on any atom is 0.147 e. The van der Waals surface area contributed by atoms with Crippen molar-refractivity contribution >= 4 is 11.6 Å². The van der Waals surface area contributed by atoms with E-state index in [2.05, 4.69) is 6.92 Å². The van der Waals surface area contributed by atoms with Gasteiger partial charge in [0, 0.05) is 5.56 Å². The molecule has 106 valence electrons. The molecule has 0 amide bonds. The van der Waals surface area contributed by atoms with E-state index in [1.54, 1.807) is 20.3 Å². The maximum absolute atomic E-state index is 10.6. The van der Waals surface area contributed by atoms with Crippen LogP contribution in [0.2, 0.25) is 5.02 Å². The molecule has 1 aromatic rings. The molecule has 4 heteroatoms. The number of aliphatic hydroxyl groups is 1. The standard InChI is InChI=1S/C15H21ClO3/c1-9-5-4-6-10(9)14(17)11-7-8-12(18-2)13(16)15(11)19-3/h7-10,14,17H,4-6H2,1-3H3. The van der Waals surface area contributed by atoms with E-state index in [9.17, 15) is 5.11 Å². The van der Waals surface area contributed by atoms with Gasteiger partial charge in [-0.2, -0.15) is 0 Å². The molecule has 1 aromatic carbocycles. The van der Waals surface area contributed by atoms with Crippen molar-refractivity contribution in [2.24, 2.45) is 11.8 Å². The first-order chi connectivity index (χ1) is 9.10. The number of rotatable bonds is 4. The van der Waals surface area contributed by atoms with Crippen LogP contribution >= 0.6 is 11.6 Å². The fourth-order valence-electron chi connectivity index (χ4n) is 3.02. The third-order valence-electron chi connectivity index (χ3n) is 4.17. The Bertz CT molecular complexity index is 447. The lowest BCUT2D eigenvalue weighted by atomic mass is 9.87. The third kappa shape index (κ3) is 2.67. The molecule has 0 radical (unpaired) electrons. The van der Waals surface area contributed by atoms with Crippen LogP contribution in [0.25, 0.3) is 0 Å². The Balaban J connectivity index is 2.36. The number of aliphatic hydroxyl groups excluding tert-OH is 1. The summed E-state index contributed by atoms with van der Waals surface area (Å²) in [5.41, 5.74) is 0.757. The summed E-state index contributed by atoms with van der Waals surface area (Å²) in [5, 5.41) is 11.0. The summed E-state index contributed by atoms with van der Waals surface area (Å²) in [6, 6.07) is 3.63. The van der Waals surface area contributed by atoms with E-state index in [4.69, 9.17) is 21.1 Å². The van der Waals surface area contributed by atoms with E-state index in [1.807, 2.05) is 6.07 Å². The summed E-state index contributed by atoms with van der Waals surface area (Å²) in [6.07, 6.45) is 2.87. The molecule has 1 fully saturated rings. The molecule has 0 saturated heterocycles. The molecule has 0 heterocycles. The molecule has 19 heavy (non-hydrogen) atoms. The zero-order valence-corrected chi connectivity index (χ0v) is 12.4. The number of methoxy groups -OCH3 is 2. The van der Waals surface area contributed by atoms with Crippen LogP contribution in [0, 0.1) is 11.8 Å². The molecule has 3 unspecified atom stereocenters. The molecule has 2 rings (SSSR count). The van der Waals surface area contributed by atoms with Crippen molar-refractivity contribution in [3.8, 4) is 11.5 Å². The van der Waals surface area contributed by atoms with Crippen LogP contribution in [0.3, 0.4) is 0 Å². The second-order valence-corrected chi connectivity index (χ2v) is 5.60. The number of ether oxygens (including phenoxy) is 2. The SMILES string of the molecule is COc1ccc(C(O)C2CCCC2C)c(OC)c1Cl. The monoisotopic (exact) mass is 284 g/mol. The minimum atomic E-state index is -0.532. The lowest BCUT2D eigenvalue weighted by molar-refractivity contribution is 0.0875. The van der Waals surface area contributed by atoms with Gasteiger partial charge in [-0.25, -0.2) is 0 Å². The van der Waals surface area contributed by atoms with Gasteiger partial charge < -0.3 is 14.6 Å². The zero-order chi connectivity index (χ0) is 14.0. The smallest absolute Gasteiger partial charge is 0.147 e. The summed E-state index contributed by atoms with van der Waals surface area (Å²) in [6.45, 7) is 2.19. The highest BCUT2D eigenvalue weighted by molar-refractivity contribution is 6.33. The quantitative estimate of drug-likeness (QED) is 0.913. The number of benzene rings is 1. The highest BCUT2D eigenvalue weighted by Crippen LogP contribution is 2.46. The average Bonchev–Trinajstić information content (AvgIpc) is 2.83. The molecule has 1 aliphatic rings. The zero-order valence-electron chi connectivity index (χ0n) is 11.6. The third-order valence-corrected chi connectivity index (χ3v) is 4.53. The van der Waals surface area contributed by atoms with Crippen LogP contribution in [0.4, 0.5) is 0 Å². The van der Waals surface area contributed by atoms with Gasteiger partial charge in [0.15, 0.2) is 0 Å². The summed E-state index contributed by atoms with van der Waals surface area (Å²) in [4.78, 5) is 0. The number of halogens is 1. The summed E-state index contributed by atoms with van der Waals surface area (Å²) in [5.74, 6) is 1.89. The van der Waals surface area contributed by atoms with Crippen molar-refractivity contribution in [3.05, 3.63) is 22.7 Å². The van der Waals surface area contributed by atoms with Crippen LogP contribution < -0.4 is 9.47 Å². The molecular formula is C15H21ClO3. The maximum atomic E-state index is 10.6.